The molecule has 0 aromatic heterocycles. The van der Waals surface area contributed by atoms with Crippen LogP contribution in [0.1, 0.15) is 38.5 Å². The number of rotatable bonds is 8. The summed E-state index contributed by atoms with van der Waals surface area (Å²) in [5.41, 5.74) is 5.01. The van der Waals surface area contributed by atoms with Gasteiger partial charge in [0, 0.05) is 19.0 Å². The lowest BCUT2D eigenvalue weighted by atomic mass is 9.86. The van der Waals surface area contributed by atoms with Crippen LogP contribution in [0.15, 0.2) is 0 Å². The lowest BCUT2D eigenvalue weighted by molar-refractivity contribution is -0.129. The first-order valence-corrected chi connectivity index (χ1v) is 9.26. The number of primary amides is 1. The molecule has 0 saturated heterocycles. The van der Waals surface area contributed by atoms with Gasteiger partial charge in [-0.05, 0) is 32.1 Å². The van der Waals surface area contributed by atoms with Crippen LogP contribution >= 0.6 is 7.60 Å². The molecular weight excluding hydrogens is 311 g/mol. The zero-order chi connectivity index (χ0) is 16.8. The topological polar surface area (TPSA) is 136 Å². The van der Waals surface area contributed by atoms with Crippen LogP contribution in [0.3, 0.4) is 0 Å². The first-order valence-electron chi connectivity index (χ1n) is 7.24. The van der Waals surface area contributed by atoms with E-state index in [4.69, 9.17) is 10.3 Å². The summed E-state index contributed by atoms with van der Waals surface area (Å²) in [4.78, 5) is 42.8. The molecule has 2 atom stereocenters. The highest BCUT2D eigenvalue weighted by Crippen LogP contribution is 2.42. The largest absolute Gasteiger partial charge is 0.370 e. The number of nitrogens with two attached hydrogens (primary N) is 1. The summed E-state index contributed by atoms with van der Waals surface area (Å²) in [7, 11) is -3.51. The van der Waals surface area contributed by atoms with Crippen LogP contribution < -0.4 is 11.1 Å². The lowest BCUT2D eigenvalue weighted by Gasteiger charge is -2.29. The summed E-state index contributed by atoms with van der Waals surface area (Å²) in [6.45, 7) is 1.14. The SMILES string of the molecule is CP(=O)(O)OC1CCC(C(=O)NC(C=O)CCC(N)=O)CC1. The zero-order valence-electron chi connectivity index (χ0n) is 12.6. The Balaban J connectivity index is 2.39. The van der Waals surface area contributed by atoms with E-state index in [1.807, 2.05) is 0 Å². The minimum Gasteiger partial charge on any atom is -0.370 e. The van der Waals surface area contributed by atoms with E-state index in [-0.39, 0.29) is 30.8 Å². The van der Waals surface area contributed by atoms with Crippen LogP contribution in [0.5, 0.6) is 0 Å². The maximum atomic E-state index is 12.1. The predicted molar refractivity (Wildman–Crippen MR) is 79.0 cm³/mol. The molecule has 8 nitrogen and oxygen atoms in total. The minimum absolute atomic E-state index is 0.0343. The van der Waals surface area contributed by atoms with E-state index in [2.05, 4.69) is 5.32 Å². The molecule has 0 bridgehead atoms. The fraction of sp³-hybridized carbons (Fsp3) is 0.769. The Morgan fingerprint density at radius 2 is 2.00 bits per heavy atom. The first-order chi connectivity index (χ1) is 10.2. The molecule has 0 aliphatic heterocycles. The molecule has 1 rings (SSSR count). The summed E-state index contributed by atoms with van der Waals surface area (Å²) in [6, 6.07) is -0.720. The Kier molecular flexibility index (Phi) is 7.19. The van der Waals surface area contributed by atoms with Crippen LogP contribution in [0, 0.1) is 5.92 Å². The molecule has 2 amide bonds. The van der Waals surface area contributed by atoms with Crippen LogP contribution in [0.25, 0.3) is 0 Å². The van der Waals surface area contributed by atoms with E-state index in [0.29, 0.717) is 32.0 Å². The van der Waals surface area contributed by atoms with Crippen LogP contribution in [0.4, 0.5) is 0 Å². The molecule has 1 aliphatic rings. The summed E-state index contributed by atoms with van der Waals surface area (Å²) in [5.74, 6) is -1.03. The number of nitrogens with one attached hydrogen (secondary N) is 1. The van der Waals surface area contributed by atoms with Crippen molar-refractivity contribution < 1.29 is 28.4 Å². The highest BCUT2D eigenvalue weighted by molar-refractivity contribution is 7.51. The van der Waals surface area contributed by atoms with Crippen LogP contribution in [-0.4, -0.2) is 41.8 Å². The molecule has 9 heteroatoms. The van der Waals surface area contributed by atoms with E-state index in [0.717, 1.165) is 6.66 Å². The number of hydrogen-bond donors (Lipinski definition) is 3. The van der Waals surface area contributed by atoms with Crippen molar-refractivity contribution in [1.29, 1.82) is 0 Å². The lowest BCUT2D eigenvalue weighted by Crippen LogP contribution is -2.41. The van der Waals surface area contributed by atoms with Gasteiger partial charge in [-0.15, -0.1) is 0 Å². The third-order valence-electron chi connectivity index (χ3n) is 3.58. The van der Waals surface area contributed by atoms with Crippen molar-refractivity contribution in [3.63, 3.8) is 0 Å². The Bertz CT molecular complexity index is 455. The second-order valence-corrected chi connectivity index (χ2v) is 7.45. The normalized spacial score (nSPS) is 25.7. The first kappa shape index (κ1) is 18.8. The molecular formula is C13H23N2O6P. The second kappa shape index (κ2) is 8.41. The van der Waals surface area contributed by atoms with E-state index < -0.39 is 19.5 Å². The van der Waals surface area contributed by atoms with Gasteiger partial charge in [-0.3, -0.25) is 14.2 Å². The summed E-state index contributed by atoms with van der Waals surface area (Å²) in [5, 5.41) is 2.60. The van der Waals surface area contributed by atoms with Crippen molar-refractivity contribution in [2.75, 3.05) is 6.66 Å². The second-order valence-electron chi connectivity index (χ2n) is 5.64. The van der Waals surface area contributed by atoms with E-state index in [9.17, 15) is 23.8 Å². The van der Waals surface area contributed by atoms with Crippen molar-refractivity contribution in [1.82, 2.24) is 5.32 Å². The molecule has 2 unspecified atom stereocenters. The minimum atomic E-state index is -3.51. The highest BCUT2D eigenvalue weighted by Gasteiger charge is 2.30. The maximum Gasteiger partial charge on any atom is 0.325 e. The zero-order valence-corrected chi connectivity index (χ0v) is 13.5. The van der Waals surface area contributed by atoms with E-state index >= 15 is 0 Å². The van der Waals surface area contributed by atoms with Gasteiger partial charge < -0.3 is 25.3 Å². The quantitative estimate of drug-likeness (QED) is 0.432. The maximum absolute atomic E-state index is 12.1. The molecule has 126 valence electrons. The average molecular weight is 334 g/mol. The molecule has 22 heavy (non-hydrogen) atoms. The molecule has 1 fully saturated rings. The molecule has 0 aromatic carbocycles. The van der Waals surface area contributed by atoms with Gasteiger partial charge in [0.25, 0.3) is 0 Å². The average Bonchev–Trinajstić information content (AvgIpc) is 2.42. The number of amides is 2. The molecule has 0 spiro atoms. The Hall–Kier alpha value is -1.24. The third-order valence-corrected chi connectivity index (χ3v) is 4.27. The van der Waals surface area contributed by atoms with Gasteiger partial charge in [0.1, 0.15) is 6.29 Å². The van der Waals surface area contributed by atoms with E-state index in [1.165, 1.54) is 0 Å². The summed E-state index contributed by atoms with van der Waals surface area (Å²) < 4.78 is 16.2. The monoisotopic (exact) mass is 334 g/mol. The standard InChI is InChI=1S/C13H23N2O6P/c1-22(19,20)21-11-5-2-9(3-6-11)13(18)15-10(8-16)4-7-12(14)17/h8-11H,2-7H2,1H3,(H2,14,17)(H,15,18)(H,19,20). The van der Waals surface area contributed by atoms with Crippen molar-refractivity contribution in [2.24, 2.45) is 11.7 Å². The van der Waals surface area contributed by atoms with Gasteiger partial charge in [-0.25, -0.2) is 0 Å². The molecule has 0 aromatic rings. The predicted octanol–water partition coefficient (Wildman–Crippen LogP) is 0.326. The van der Waals surface area contributed by atoms with Gasteiger partial charge >= 0.3 is 7.60 Å². The number of carbonyl (C=O) groups excluding carboxylic acids is 3. The van der Waals surface area contributed by atoms with Gasteiger partial charge in [0.2, 0.25) is 11.8 Å². The van der Waals surface area contributed by atoms with Gasteiger partial charge in [-0.2, -0.15) is 0 Å². The van der Waals surface area contributed by atoms with Gasteiger partial charge in [-0.1, -0.05) is 0 Å². The Morgan fingerprint density at radius 3 is 2.45 bits per heavy atom. The number of hydrogen-bond acceptors (Lipinski definition) is 5. The van der Waals surface area contributed by atoms with Crippen LogP contribution in [0.2, 0.25) is 0 Å². The van der Waals surface area contributed by atoms with Crippen molar-refractivity contribution in [3.8, 4) is 0 Å². The van der Waals surface area contributed by atoms with Crippen molar-refractivity contribution in [3.05, 3.63) is 0 Å². The smallest absolute Gasteiger partial charge is 0.325 e. The molecule has 0 heterocycles. The molecule has 1 saturated carbocycles. The van der Waals surface area contributed by atoms with Gasteiger partial charge in [0.05, 0.1) is 12.1 Å². The summed E-state index contributed by atoms with van der Waals surface area (Å²) >= 11 is 0. The summed E-state index contributed by atoms with van der Waals surface area (Å²) in [6.07, 6.45) is 2.58. The van der Waals surface area contributed by atoms with Crippen LogP contribution in [-0.2, 0) is 23.5 Å². The van der Waals surface area contributed by atoms with Crippen molar-refractivity contribution >= 4 is 25.7 Å². The highest BCUT2D eigenvalue weighted by atomic mass is 31.2. The molecule has 0 radical (unpaired) electrons. The number of carbonyl (C=O) groups is 3. The molecule has 1 aliphatic carbocycles. The van der Waals surface area contributed by atoms with Gasteiger partial charge in [0.15, 0.2) is 0 Å². The van der Waals surface area contributed by atoms with E-state index in [1.54, 1.807) is 0 Å². The fourth-order valence-electron chi connectivity index (χ4n) is 2.48. The third kappa shape index (κ3) is 7.15. The fourth-order valence-corrected chi connectivity index (χ4v) is 3.24. The Morgan fingerprint density at radius 1 is 1.41 bits per heavy atom. The Labute approximate surface area is 129 Å². The molecule has 4 N–H and O–H groups in total. The van der Waals surface area contributed by atoms with Crippen molar-refractivity contribution in [2.45, 2.75) is 50.7 Å². The number of aldehydes is 1.